The molecule has 0 radical (unpaired) electrons. The number of rotatable bonds is 6. The molecule has 0 aliphatic rings. The van der Waals surface area contributed by atoms with Crippen LogP contribution in [-0.2, 0) is 6.42 Å². The summed E-state index contributed by atoms with van der Waals surface area (Å²) in [5.74, 6) is 0.845. The van der Waals surface area contributed by atoms with Gasteiger partial charge in [-0.3, -0.25) is 0 Å². The number of para-hydroxylation sites is 1. The van der Waals surface area contributed by atoms with E-state index in [4.69, 9.17) is 4.74 Å². The third kappa shape index (κ3) is 5.23. The van der Waals surface area contributed by atoms with E-state index in [9.17, 15) is 4.79 Å². The Morgan fingerprint density at radius 1 is 1.25 bits per heavy atom. The van der Waals surface area contributed by atoms with Gasteiger partial charge in [-0.1, -0.05) is 25.1 Å². The number of hydrazone groups is 1. The average Bonchev–Trinajstić information content (AvgIpc) is 2.58. The molecule has 2 rings (SSSR count). The molecule has 0 saturated carbocycles. The maximum Gasteiger partial charge on any atom is 0.339 e. The van der Waals surface area contributed by atoms with E-state index in [0.717, 1.165) is 32.6 Å². The van der Waals surface area contributed by atoms with Gasteiger partial charge in [0.05, 0.1) is 16.4 Å². The van der Waals surface area contributed by atoms with Crippen molar-refractivity contribution in [1.82, 2.24) is 5.43 Å². The van der Waals surface area contributed by atoms with Crippen LogP contribution in [0.5, 0.6) is 5.75 Å². The molecule has 2 N–H and O–H groups in total. The van der Waals surface area contributed by atoms with E-state index in [2.05, 4.69) is 38.4 Å². The van der Waals surface area contributed by atoms with Crippen LogP contribution in [0.15, 0.2) is 47.6 Å². The number of ether oxygens (including phenoxy) is 1. The topological polar surface area (TPSA) is 62.7 Å². The van der Waals surface area contributed by atoms with Gasteiger partial charge in [0.25, 0.3) is 0 Å². The van der Waals surface area contributed by atoms with Gasteiger partial charge in [0.1, 0.15) is 5.75 Å². The van der Waals surface area contributed by atoms with Gasteiger partial charge in [0.2, 0.25) is 0 Å². The summed E-state index contributed by atoms with van der Waals surface area (Å²) in [6.07, 6.45) is 2.45. The monoisotopic (exact) mass is 437 g/mol. The lowest BCUT2D eigenvalue weighted by Crippen LogP contribution is -2.24. The molecule has 126 valence electrons. The lowest BCUT2D eigenvalue weighted by atomic mass is 10.1. The number of urea groups is 1. The van der Waals surface area contributed by atoms with E-state index in [1.165, 1.54) is 0 Å². The van der Waals surface area contributed by atoms with Crippen LogP contribution < -0.4 is 15.5 Å². The number of hydrogen-bond donors (Lipinski definition) is 2. The highest BCUT2D eigenvalue weighted by Gasteiger charge is 2.04. The normalized spacial score (nSPS) is 10.6. The Kier molecular flexibility index (Phi) is 7.05. The second-order valence-corrected chi connectivity index (χ2v) is 6.12. The Balaban J connectivity index is 1.93. The largest absolute Gasteiger partial charge is 0.493 e. The van der Waals surface area contributed by atoms with Crippen molar-refractivity contribution in [3.05, 3.63) is 57.2 Å². The molecular weight excluding hydrogens is 417 g/mol. The molecule has 5 nitrogen and oxygen atoms in total. The van der Waals surface area contributed by atoms with Gasteiger partial charge in [0, 0.05) is 5.69 Å². The average molecular weight is 437 g/mol. The highest BCUT2D eigenvalue weighted by atomic mass is 127. The van der Waals surface area contributed by atoms with Crippen molar-refractivity contribution in [2.45, 2.75) is 20.3 Å². The number of carbonyl (C=O) groups is 1. The molecule has 2 amide bonds. The maximum atomic E-state index is 11.9. The third-order valence-corrected chi connectivity index (χ3v) is 4.12. The van der Waals surface area contributed by atoms with E-state index >= 15 is 0 Å². The molecule has 6 heteroatoms. The Bertz CT molecular complexity index is 732. The standard InChI is InChI=1S/C18H20IN3O2/c1-3-14-7-5-6-8-16(14)21-18(23)22-20-12-13-9-10-17(24-4-2)15(19)11-13/h5-12H,3-4H2,1-2H3,(H2,21,22,23)/b20-12+. The molecule has 2 aromatic rings. The molecule has 0 aliphatic heterocycles. The quantitative estimate of drug-likeness (QED) is 0.400. The molecule has 0 fully saturated rings. The van der Waals surface area contributed by atoms with Crippen LogP contribution in [0.4, 0.5) is 10.5 Å². The van der Waals surface area contributed by atoms with Crippen LogP contribution >= 0.6 is 22.6 Å². The zero-order chi connectivity index (χ0) is 17.4. The van der Waals surface area contributed by atoms with Crippen LogP contribution in [0, 0.1) is 3.57 Å². The van der Waals surface area contributed by atoms with Gasteiger partial charge in [0.15, 0.2) is 0 Å². The number of amides is 2. The lowest BCUT2D eigenvalue weighted by Gasteiger charge is -2.08. The molecule has 2 aromatic carbocycles. The number of carbonyl (C=O) groups excluding carboxylic acids is 1. The van der Waals surface area contributed by atoms with Gasteiger partial charge in [-0.2, -0.15) is 5.10 Å². The summed E-state index contributed by atoms with van der Waals surface area (Å²) < 4.78 is 6.49. The summed E-state index contributed by atoms with van der Waals surface area (Å²) in [6, 6.07) is 13.1. The maximum absolute atomic E-state index is 11.9. The highest BCUT2D eigenvalue weighted by molar-refractivity contribution is 14.1. The second kappa shape index (κ2) is 9.27. The Labute approximate surface area is 155 Å². The van der Waals surface area contributed by atoms with Crippen LogP contribution in [0.25, 0.3) is 0 Å². The summed E-state index contributed by atoms with van der Waals surface area (Å²) in [7, 11) is 0. The van der Waals surface area contributed by atoms with Gasteiger partial charge in [-0.25, -0.2) is 10.2 Å². The third-order valence-electron chi connectivity index (χ3n) is 3.28. The highest BCUT2D eigenvalue weighted by Crippen LogP contribution is 2.21. The minimum Gasteiger partial charge on any atom is -0.493 e. The zero-order valence-electron chi connectivity index (χ0n) is 13.7. The summed E-state index contributed by atoms with van der Waals surface area (Å²) in [5, 5.41) is 6.78. The molecular formula is C18H20IN3O2. The fourth-order valence-electron chi connectivity index (χ4n) is 2.14. The molecule has 0 bridgehead atoms. The predicted octanol–water partition coefficient (Wildman–Crippen LogP) is 4.41. The van der Waals surface area contributed by atoms with Crippen molar-refractivity contribution < 1.29 is 9.53 Å². The minimum atomic E-state index is -0.368. The molecule has 0 spiro atoms. The van der Waals surface area contributed by atoms with E-state index in [0.29, 0.717) is 6.61 Å². The van der Waals surface area contributed by atoms with Crippen LogP contribution in [0.1, 0.15) is 25.0 Å². The SMILES string of the molecule is CCOc1ccc(/C=N/NC(=O)Nc2ccccc2CC)cc1I. The molecule has 24 heavy (non-hydrogen) atoms. The van der Waals surface area contributed by atoms with E-state index < -0.39 is 0 Å². The first-order valence-corrected chi connectivity index (χ1v) is 8.82. The van der Waals surface area contributed by atoms with E-state index in [1.54, 1.807) is 6.21 Å². The number of hydrogen-bond acceptors (Lipinski definition) is 3. The second-order valence-electron chi connectivity index (χ2n) is 4.96. The van der Waals surface area contributed by atoms with Crippen LogP contribution in [0.2, 0.25) is 0 Å². The molecule has 0 saturated heterocycles. The van der Waals surface area contributed by atoms with Crippen molar-refractivity contribution in [2.24, 2.45) is 5.10 Å². The summed E-state index contributed by atoms with van der Waals surface area (Å²) in [5.41, 5.74) is 5.24. The first-order chi connectivity index (χ1) is 11.6. The summed E-state index contributed by atoms with van der Waals surface area (Å²) in [6.45, 7) is 4.62. The van der Waals surface area contributed by atoms with Gasteiger partial charge in [-0.15, -0.1) is 0 Å². The Morgan fingerprint density at radius 2 is 2.04 bits per heavy atom. The van der Waals surface area contributed by atoms with Crippen LogP contribution in [0.3, 0.4) is 0 Å². The molecule has 0 aromatic heterocycles. The van der Waals surface area contributed by atoms with Gasteiger partial charge < -0.3 is 10.1 Å². The molecule has 0 heterocycles. The lowest BCUT2D eigenvalue weighted by molar-refractivity contribution is 0.252. The number of nitrogens with zero attached hydrogens (tertiary/aromatic N) is 1. The number of halogens is 1. The van der Waals surface area contributed by atoms with E-state index in [1.807, 2.05) is 56.3 Å². The van der Waals surface area contributed by atoms with Gasteiger partial charge in [-0.05, 0) is 71.3 Å². The number of aryl methyl sites for hydroxylation is 1. The van der Waals surface area contributed by atoms with Gasteiger partial charge >= 0.3 is 6.03 Å². The Hall–Kier alpha value is -2.09. The molecule has 0 atom stereocenters. The fourth-order valence-corrected chi connectivity index (χ4v) is 2.83. The molecule has 0 aliphatic carbocycles. The number of benzene rings is 2. The van der Waals surface area contributed by atoms with Crippen molar-refractivity contribution in [1.29, 1.82) is 0 Å². The summed E-state index contributed by atoms with van der Waals surface area (Å²) >= 11 is 2.21. The Morgan fingerprint density at radius 3 is 2.75 bits per heavy atom. The predicted molar refractivity (Wildman–Crippen MR) is 106 cm³/mol. The first kappa shape index (κ1) is 18.3. The fraction of sp³-hybridized carbons (Fsp3) is 0.222. The van der Waals surface area contributed by atoms with Crippen molar-refractivity contribution in [3.63, 3.8) is 0 Å². The van der Waals surface area contributed by atoms with Crippen molar-refractivity contribution in [3.8, 4) is 5.75 Å². The number of nitrogens with one attached hydrogen (secondary N) is 2. The molecule has 0 unspecified atom stereocenters. The van der Waals surface area contributed by atoms with Crippen LogP contribution in [-0.4, -0.2) is 18.9 Å². The first-order valence-electron chi connectivity index (χ1n) is 7.74. The van der Waals surface area contributed by atoms with Crippen molar-refractivity contribution >= 4 is 40.5 Å². The number of anilines is 1. The minimum absolute atomic E-state index is 0.368. The van der Waals surface area contributed by atoms with Crippen molar-refractivity contribution in [2.75, 3.05) is 11.9 Å². The van der Waals surface area contributed by atoms with E-state index in [-0.39, 0.29) is 6.03 Å². The zero-order valence-corrected chi connectivity index (χ0v) is 15.8. The summed E-state index contributed by atoms with van der Waals surface area (Å²) in [4.78, 5) is 11.9. The smallest absolute Gasteiger partial charge is 0.339 e.